The number of hydrogen-bond donors (Lipinski definition) is 2. The molecule has 0 aromatic heterocycles. The molecule has 0 bridgehead atoms. The number of nitrogens with zero attached hydrogens (tertiary/aromatic N) is 1. The van der Waals surface area contributed by atoms with Gasteiger partial charge >= 0.3 is 6.03 Å². The van der Waals surface area contributed by atoms with E-state index in [2.05, 4.69) is 10.6 Å². The Balaban J connectivity index is 2.08. The van der Waals surface area contributed by atoms with Crippen molar-refractivity contribution in [1.29, 1.82) is 0 Å². The molecule has 1 aromatic carbocycles. The van der Waals surface area contributed by atoms with Crippen molar-refractivity contribution in [3.05, 3.63) is 28.2 Å². The van der Waals surface area contributed by atoms with Gasteiger partial charge in [-0.2, -0.15) is 0 Å². The zero-order chi connectivity index (χ0) is 18.1. The van der Waals surface area contributed by atoms with Crippen molar-refractivity contribution < 1.29 is 14.4 Å². The second-order valence-corrected chi connectivity index (χ2v) is 7.19. The van der Waals surface area contributed by atoms with Gasteiger partial charge in [0.25, 0.3) is 5.91 Å². The standard InChI is InChI=1S/C16H19Cl2N3O3/c1-9(2)7-16(3)14(23)21(15(24)20-16)8-12(22)19-11-6-4-5-10(17)13(11)18/h4-6,9H,7-8H2,1-3H3,(H,19,22)(H,20,24)/t16-/m1/s1. The van der Waals surface area contributed by atoms with Crippen LogP contribution in [0.3, 0.4) is 0 Å². The quantitative estimate of drug-likeness (QED) is 0.779. The number of urea groups is 1. The maximum atomic E-state index is 12.5. The summed E-state index contributed by atoms with van der Waals surface area (Å²) in [5.74, 6) is -0.719. The summed E-state index contributed by atoms with van der Waals surface area (Å²) in [6.45, 7) is 5.20. The van der Waals surface area contributed by atoms with Crippen molar-refractivity contribution >= 4 is 46.7 Å². The maximum Gasteiger partial charge on any atom is 0.325 e. The van der Waals surface area contributed by atoms with Gasteiger partial charge in [0, 0.05) is 0 Å². The number of hydrogen-bond acceptors (Lipinski definition) is 3. The van der Waals surface area contributed by atoms with Gasteiger partial charge in [-0.25, -0.2) is 4.79 Å². The van der Waals surface area contributed by atoms with E-state index in [4.69, 9.17) is 23.2 Å². The van der Waals surface area contributed by atoms with Gasteiger partial charge < -0.3 is 10.6 Å². The summed E-state index contributed by atoms with van der Waals surface area (Å²) < 4.78 is 0. The third-order valence-electron chi connectivity index (χ3n) is 3.69. The Labute approximate surface area is 150 Å². The second-order valence-electron chi connectivity index (χ2n) is 6.40. The fraction of sp³-hybridized carbons (Fsp3) is 0.438. The van der Waals surface area contributed by atoms with Crippen LogP contribution in [0.5, 0.6) is 0 Å². The number of carbonyl (C=O) groups is 3. The zero-order valence-corrected chi connectivity index (χ0v) is 15.2. The maximum absolute atomic E-state index is 12.5. The molecule has 0 radical (unpaired) electrons. The third kappa shape index (κ3) is 3.82. The normalized spacial score (nSPS) is 20.5. The lowest BCUT2D eigenvalue weighted by atomic mass is 9.91. The van der Waals surface area contributed by atoms with Crippen LogP contribution in [-0.4, -0.2) is 34.8 Å². The molecule has 1 atom stereocenters. The molecule has 1 saturated heterocycles. The van der Waals surface area contributed by atoms with Gasteiger partial charge in [-0.15, -0.1) is 0 Å². The lowest BCUT2D eigenvalue weighted by Crippen LogP contribution is -2.45. The first-order valence-electron chi connectivity index (χ1n) is 7.52. The van der Waals surface area contributed by atoms with E-state index >= 15 is 0 Å². The summed E-state index contributed by atoms with van der Waals surface area (Å²) in [4.78, 5) is 37.6. The van der Waals surface area contributed by atoms with Crippen molar-refractivity contribution in [3.8, 4) is 0 Å². The highest BCUT2D eigenvalue weighted by Gasteiger charge is 2.48. The van der Waals surface area contributed by atoms with Gasteiger partial charge in [-0.05, 0) is 31.4 Å². The van der Waals surface area contributed by atoms with Gasteiger partial charge in [0.15, 0.2) is 0 Å². The average molecular weight is 372 g/mol. The summed E-state index contributed by atoms with van der Waals surface area (Å²) in [5, 5.41) is 5.72. The highest BCUT2D eigenvalue weighted by Crippen LogP contribution is 2.30. The summed E-state index contributed by atoms with van der Waals surface area (Å²) in [6.07, 6.45) is 0.496. The number of rotatable bonds is 5. The highest BCUT2D eigenvalue weighted by molar-refractivity contribution is 6.44. The number of imide groups is 1. The molecule has 24 heavy (non-hydrogen) atoms. The Hall–Kier alpha value is -1.79. The van der Waals surface area contributed by atoms with Crippen molar-refractivity contribution in [3.63, 3.8) is 0 Å². The van der Waals surface area contributed by atoms with Crippen LogP contribution in [-0.2, 0) is 9.59 Å². The van der Waals surface area contributed by atoms with Gasteiger partial charge in [-0.3, -0.25) is 14.5 Å². The van der Waals surface area contributed by atoms with Crippen molar-refractivity contribution in [2.75, 3.05) is 11.9 Å². The monoisotopic (exact) mass is 371 g/mol. The molecular weight excluding hydrogens is 353 g/mol. The molecular formula is C16H19Cl2N3O3. The zero-order valence-electron chi connectivity index (χ0n) is 13.7. The van der Waals surface area contributed by atoms with Crippen molar-refractivity contribution in [2.45, 2.75) is 32.7 Å². The molecule has 4 amide bonds. The number of nitrogens with one attached hydrogen (secondary N) is 2. The fourth-order valence-corrected chi connectivity index (χ4v) is 3.13. The number of amides is 4. The van der Waals surface area contributed by atoms with Crippen LogP contribution in [0.1, 0.15) is 27.2 Å². The molecule has 1 aliphatic rings. The van der Waals surface area contributed by atoms with E-state index in [9.17, 15) is 14.4 Å². The average Bonchev–Trinajstić information content (AvgIpc) is 2.66. The molecule has 2 rings (SSSR count). The first-order valence-corrected chi connectivity index (χ1v) is 8.27. The summed E-state index contributed by atoms with van der Waals surface area (Å²) in [7, 11) is 0. The minimum absolute atomic E-state index is 0.203. The van der Waals surface area contributed by atoms with E-state index in [0.717, 1.165) is 4.90 Å². The number of carbonyl (C=O) groups excluding carboxylic acids is 3. The number of halogens is 2. The molecule has 0 unspecified atom stereocenters. The first-order chi connectivity index (χ1) is 11.1. The lowest BCUT2D eigenvalue weighted by molar-refractivity contribution is -0.133. The predicted octanol–water partition coefficient (Wildman–Crippen LogP) is 3.29. The van der Waals surface area contributed by atoms with Crippen LogP contribution in [0.4, 0.5) is 10.5 Å². The Bertz CT molecular complexity index is 693. The molecule has 2 N–H and O–H groups in total. The molecule has 0 saturated carbocycles. The smallest absolute Gasteiger partial charge is 0.323 e. The summed E-state index contributed by atoms with van der Waals surface area (Å²) in [5.41, 5.74) is -0.662. The van der Waals surface area contributed by atoms with Gasteiger partial charge in [0.2, 0.25) is 5.91 Å². The Morgan fingerprint density at radius 2 is 2.00 bits per heavy atom. The Kier molecular flexibility index (Phi) is 5.40. The van der Waals surface area contributed by atoms with Crippen molar-refractivity contribution in [2.24, 2.45) is 5.92 Å². The van der Waals surface area contributed by atoms with E-state index in [1.165, 1.54) is 0 Å². The topological polar surface area (TPSA) is 78.5 Å². The van der Waals surface area contributed by atoms with E-state index in [0.29, 0.717) is 17.1 Å². The van der Waals surface area contributed by atoms with Gasteiger partial charge in [0.1, 0.15) is 12.1 Å². The molecule has 1 fully saturated rings. The Morgan fingerprint density at radius 3 is 2.62 bits per heavy atom. The first kappa shape index (κ1) is 18.5. The minimum Gasteiger partial charge on any atom is -0.323 e. The van der Waals surface area contributed by atoms with Crippen LogP contribution >= 0.6 is 23.2 Å². The molecule has 130 valence electrons. The Morgan fingerprint density at radius 1 is 1.33 bits per heavy atom. The van der Waals surface area contributed by atoms with E-state index in [1.807, 2.05) is 13.8 Å². The van der Waals surface area contributed by atoms with E-state index < -0.39 is 23.4 Å². The van der Waals surface area contributed by atoms with E-state index in [1.54, 1.807) is 25.1 Å². The number of benzene rings is 1. The van der Waals surface area contributed by atoms with Crippen LogP contribution in [0.15, 0.2) is 18.2 Å². The van der Waals surface area contributed by atoms with Crippen molar-refractivity contribution in [1.82, 2.24) is 10.2 Å². The fourth-order valence-electron chi connectivity index (χ4n) is 2.78. The van der Waals surface area contributed by atoms with Crippen LogP contribution < -0.4 is 10.6 Å². The van der Waals surface area contributed by atoms with Crippen LogP contribution in [0.2, 0.25) is 10.0 Å². The molecule has 1 aromatic rings. The molecule has 0 aliphatic carbocycles. The minimum atomic E-state index is -0.987. The SMILES string of the molecule is CC(C)C[C@@]1(C)NC(=O)N(CC(=O)Nc2cccc(Cl)c2Cl)C1=O. The predicted molar refractivity (Wildman–Crippen MR) is 93.2 cm³/mol. The molecule has 1 aliphatic heterocycles. The second kappa shape index (κ2) is 6.99. The van der Waals surface area contributed by atoms with E-state index in [-0.39, 0.29) is 17.5 Å². The number of anilines is 1. The van der Waals surface area contributed by atoms with Crippen LogP contribution in [0.25, 0.3) is 0 Å². The molecule has 0 spiro atoms. The summed E-state index contributed by atoms with van der Waals surface area (Å²) in [6, 6.07) is 4.24. The molecule has 8 heteroatoms. The van der Waals surface area contributed by atoms with Crippen LogP contribution in [0, 0.1) is 5.92 Å². The molecule has 1 heterocycles. The lowest BCUT2D eigenvalue weighted by Gasteiger charge is -2.23. The summed E-state index contributed by atoms with van der Waals surface area (Å²) >= 11 is 11.9. The highest BCUT2D eigenvalue weighted by atomic mass is 35.5. The molecule has 6 nitrogen and oxygen atoms in total. The largest absolute Gasteiger partial charge is 0.325 e. The van der Waals surface area contributed by atoms with Gasteiger partial charge in [0.05, 0.1) is 15.7 Å². The van der Waals surface area contributed by atoms with Gasteiger partial charge in [-0.1, -0.05) is 43.1 Å². The third-order valence-corrected chi connectivity index (χ3v) is 4.51.